The van der Waals surface area contributed by atoms with Gasteiger partial charge in [-0.25, -0.2) is 4.79 Å². The van der Waals surface area contributed by atoms with Gasteiger partial charge in [-0.3, -0.25) is 13.7 Å². The van der Waals surface area contributed by atoms with Crippen LogP contribution in [0, 0.1) is 0 Å². The van der Waals surface area contributed by atoms with Crippen LogP contribution in [0.1, 0.15) is 0 Å². The summed E-state index contributed by atoms with van der Waals surface area (Å²) >= 11 is 0. The zero-order chi connectivity index (χ0) is 48.1. The van der Waals surface area contributed by atoms with Crippen LogP contribution in [0.2, 0.25) is 0 Å². The fraction of sp³-hybridized carbons (Fsp3) is 0. The molecule has 0 aliphatic carbocycles. The Bertz CT molecular complexity index is 3720. The van der Waals surface area contributed by atoms with Crippen molar-refractivity contribution in [2.75, 3.05) is 10.6 Å². The van der Waals surface area contributed by atoms with Crippen molar-refractivity contribution >= 4 is 115 Å². The van der Waals surface area contributed by atoms with E-state index in [-0.39, 0.29) is 26.9 Å². The Hall–Kier alpha value is -8.32. The molecule has 0 heterocycles. The van der Waals surface area contributed by atoms with Gasteiger partial charge in [-0.15, -0.1) is 5.11 Å². The number of carbonyl (C=O) groups excluding carboxylic acids is 1. The first-order chi connectivity index (χ1) is 32.4. The Morgan fingerprint density at radius 2 is 0.647 bits per heavy atom. The van der Waals surface area contributed by atoms with Crippen LogP contribution in [0.4, 0.5) is 61.7 Å². The Balaban J connectivity index is 0.861. The van der Waals surface area contributed by atoms with Gasteiger partial charge in [0.25, 0.3) is 30.4 Å². The molecular weight excluding hydrogens is 937 g/mol. The molecule has 0 bridgehead atoms. The highest BCUT2D eigenvalue weighted by Gasteiger charge is 2.17. The lowest BCUT2D eigenvalue weighted by Gasteiger charge is -2.10. The predicted molar refractivity (Wildman–Crippen MR) is 252 cm³/mol. The summed E-state index contributed by atoms with van der Waals surface area (Å²) in [6, 6.07) is 41.4. The number of urea groups is 1. The molecule has 23 heteroatoms. The number of nitrogens with zero attached hydrogens (tertiary/aromatic N) is 8. The number of hydrogen-bond donors (Lipinski definition) is 5. The SMILES string of the molecule is O=C(Nc1ccc2cc(N=Nc3ccc(N=Nc4ccc(S(=O)(=O)O)cc4)cc3)ccc2c1)Nc1ccc2cc(N=Nc3ccc(N=Nc4ccc(S(=O)(=O)O)cc4)cc3S(=O)(=O)O)ccc2c1. The summed E-state index contributed by atoms with van der Waals surface area (Å²) < 4.78 is 97.6. The third-order valence-electron chi connectivity index (χ3n) is 9.62. The summed E-state index contributed by atoms with van der Waals surface area (Å²) in [6.07, 6.45) is 0. The van der Waals surface area contributed by atoms with Crippen molar-refractivity contribution in [2.45, 2.75) is 14.7 Å². The summed E-state index contributed by atoms with van der Waals surface area (Å²) in [6.45, 7) is 0. The normalized spacial score (nSPS) is 12.5. The Morgan fingerprint density at radius 1 is 0.338 bits per heavy atom. The van der Waals surface area contributed by atoms with E-state index in [1.807, 2.05) is 24.3 Å². The lowest BCUT2D eigenvalue weighted by atomic mass is 10.1. The molecule has 0 radical (unpaired) electrons. The molecule has 8 aromatic rings. The monoisotopic (exact) mass is 968 g/mol. The molecule has 0 aromatic heterocycles. The smallest absolute Gasteiger partial charge is 0.308 e. The standard InChI is InChI=1S/C45H32N10O10S3/c56-45(46-36-5-1-30-25-38(7-3-28(30)23-36)52-50-33-11-9-32(10-12-33)48-49-34-13-18-41(19-14-34)66(57,58)59)47-37-6-2-31-26-39(8-4-29(31)24-37)54-55-43-22-17-40(27-44(43)68(63,64)65)53-51-35-15-20-42(21-16-35)67(60,61)62/h1-27H,(H2,46,47,56)(H,57,58,59)(H,60,61,62)(H,63,64,65). The van der Waals surface area contributed by atoms with Crippen molar-refractivity contribution in [1.82, 2.24) is 0 Å². The van der Waals surface area contributed by atoms with E-state index < -0.39 is 41.3 Å². The first-order valence-corrected chi connectivity index (χ1v) is 23.9. The molecule has 68 heavy (non-hydrogen) atoms. The van der Waals surface area contributed by atoms with Gasteiger partial charge in [0.2, 0.25) is 0 Å². The molecule has 0 aliphatic rings. The van der Waals surface area contributed by atoms with Crippen molar-refractivity contribution in [3.8, 4) is 0 Å². The highest BCUT2D eigenvalue weighted by atomic mass is 32.2. The molecule has 8 rings (SSSR count). The second-order valence-corrected chi connectivity index (χ2v) is 18.7. The fourth-order valence-corrected chi connectivity index (χ4v) is 7.91. The van der Waals surface area contributed by atoms with Gasteiger partial charge in [0, 0.05) is 11.4 Å². The summed E-state index contributed by atoms with van der Waals surface area (Å²) in [4.78, 5) is 11.9. The molecule has 0 saturated heterocycles. The minimum Gasteiger partial charge on any atom is -0.308 e. The van der Waals surface area contributed by atoms with Gasteiger partial charge < -0.3 is 10.6 Å². The number of amides is 2. The molecule has 0 fully saturated rings. The lowest BCUT2D eigenvalue weighted by Crippen LogP contribution is -2.19. The molecule has 340 valence electrons. The van der Waals surface area contributed by atoms with Crippen LogP contribution >= 0.6 is 0 Å². The molecule has 0 unspecified atom stereocenters. The average molecular weight is 969 g/mol. The predicted octanol–water partition coefficient (Wildman–Crippen LogP) is 13.0. The third kappa shape index (κ3) is 11.9. The minimum absolute atomic E-state index is 0.0341. The van der Waals surface area contributed by atoms with Crippen molar-refractivity contribution in [3.05, 3.63) is 164 Å². The molecule has 5 N–H and O–H groups in total. The van der Waals surface area contributed by atoms with Crippen LogP contribution < -0.4 is 10.6 Å². The van der Waals surface area contributed by atoms with E-state index in [0.29, 0.717) is 39.8 Å². The highest BCUT2D eigenvalue weighted by Crippen LogP contribution is 2.33. The minimum atomic E-state index is -4.78. The van der Waals surface area contributed by atoms with Crippen LogP contribution in [-0.2, 0) is 30.4 Å². The van der Waals surface area contributed by atoms with E-state index in [1.165, 1.54) is 48.5 Å². The average Bonchev–Trinajstić information content (AvgIpc) is 3.31. The first kappa shape index (κ1) is 46.2. The number of benzene rings is 8. The van der Waals surface area contributed by atoms with E-state index >= 15 is 0 Å². The summed E-state index contributed by atoms with van der Waals surface area (Å²) in [5, 5.41) is 41.8. The van der Waals surface area contributed by atoms with Crippen molar-refractivity contribution < 1.29 is 43.7 Å². The number of anilines is 2. The van der Waals surface area contributed by atoms with Gasteiger partial charge in [0.15, 0.2) is 0 Å². The number of hydrogen-bond acceptors (Lipinski definition) is 15. The van der Waals surface area contributed by atoms with Crippen molar-refractivity contribution in [3.63, 3.8) is 0 Å². The Morgan fingerprint density at radius 3 is 1.04 bits per heavy atom. The fourth-order valence-electron chi connectivity index (χ4n) is 6.31. The van der Waals surface area contributed by atoms with Crippen LogP contribution in [0.5, 0.6) is 0 Å². The van der Waals surface area contributed by atoms with E-state index in [1.54, 1.807) is 72.8 Å². The maximum Gasteiger partial charge on any atom is 0.323 e. The van der Waals surface area contributed by atoms with Crippen molar-refractivity contribution in [1.29, 1.82) is 0 Å². The largest absolute Gasteiger partial charge is 0.323 e. The maximum atomic E-state index is 13.0. The topological polar surface area (TPSA) is 303 Å². The van der Waals surface area contributed by atoms with E-state index in [9.17, 15) is 34.6 Å². The quantitative estimate of drug-likeness (QED) is 0.0537. The summed E-state index contributed by atoms with van der Waals surface area (Å²) in [5.74, 6) is 0. The van der Waals surface area contributed by atoms with Gasteiger partial charge in [0.05, 0.1) is 49.6 Å². The third-order valence-corrected chi connectivity index (χ3v) is 12.2. The van der Waals surface area contributed by atoms with Crippen LogP contribution in [0.3, 0.4) is 0 Å². The zero-order valence-corrected chi connectivity index (χ0v) is 37.0. The van der Waals surface area contributed by atoms with Gasteiger partial charge in [0.1, 0.15) is 10.6 Å². The molecule has 2 amide bonds. The number of nitrogens with one attached hydrogen (secondary N) is 2. The molecule has 0 saturated carbocycles. The number of carbonyl (C=O) groups is 1. The highest BCUT2D eigenvalue weighted by molar-refractivity contribution is 7.86. The van der Waals surface area contributed by atoms with Gasteiger partial charge in [-0.1, -0.05) is 24.3 Å². The second-order valence-electron chi connectivity index (χ2n) is 14.5. The van der Waals surface area contributed by atoms with Gasteiger partial charge >= 0.3 is 6.03 Å². The van der Waals surface area contributed by atoms with Gasteiger partial charge in [-0.05, 0) is 161 Å². The molecule has 0 atom stereocenters. The van der Waals surface area contributed by atoms with E-state index in [2.05, 4.69) is 51.5 Å². The molecule has 0 spiro atoms. The van der Waals surface area contributed by atoms with E-state index in [0.717, 1.165) is 39.7 Å². The summed E-state index contributed by atoms with van der Waals surface area (Å²) in [7, 11) is -13.5. The maximum absolute atomic E-state index is 13.0. The number of rotatable bonds is 13. The van der Waals surface area contributed by atoms with Gasteiger partial charge in [-0.2, -0.15) is 61.1 Å². The Kier molecular flexibility index (Phi) is 13.1. The molecule has 0 aliphatic heterocycles. The van der Waals surface area contributed by atoms with Crippen LogP contribution in [0.25, 0.3) is 21.5 Å². The zero-order valence-electron chi connectivity index (χ0n) is 34.6. The lowest BCUT2D eigenvalue weighted by molar-refractivity contribution is 0.262. The second kappa shape index (κ2) is 19.3. The molecule has 20 nitrogen and oxygen atoms in total. The van der Waals surface area contributed by atoms with Crippen molar-refractivity contribution in [2.24, 2.45) is 40.9 Å². The molecular formula is C45H32N10O10S3. The number of fused-ring (bicyclic) bond motifs is 2. The summed E-state index contributed by atoms with van der Waals surface area (Å²) in [5.41, 5.74) is 3.60. The Labute approximate surface area is 386 Å². The first-order valence-electron chi connectivity index (χ1n) is 19.6. The molecule has 8 aromatic carbocycles. The number of azo groups is 4. The van der Waals surface area contributed by atoms with Crippen LogP contribution in [-0.4, -0.2) is 44.9 Å². The van der Waals surface area contributed by atoms with E-state index in [4.69, 9.17) is 9.11 Å². The van der Waals surface area contributed by atoms with Crippen LogP contribution in [0.15, 0.2) is 219 Å².